The molecule has 0 aliphatic heterocycles. The summed E-state index contributed by atoms with van der Waals surface area (Å²) in [6.07, 6.45) is 5.57. The lowest BCUT2D eigenvalue weighted by Gasteiger charge is -2.04. The Balaban J connectivity index is 2.81. The van der Waals surface area contributed by atoms with Gasteiger partial charge in [0.25, 0.3) is 0 Å². The van der Waals surface area contributed by atoms with Crippen LogP contribution in [0.5, 0.6) is 0 Å². The minimum atomic E-state index is -0.854. The Hall–Kier alpha value is -1.64. The molecule has 0 radical (unpaired) electrons. The number of carboxylic acid groups (broad SMARTS) is 1. The summed E-state index contributed by atoms with van der Waals surface area (Å²) in [6.45, 7) is 3.93. The Labute approximate surface area is 89.5 Å². The van der Waals surface area contributed by atoms with Gasteiger partial charge in [0, 0.05) is 24.4 Å². The predicted octanol–water partition coefficient (Wildman–Crippen LogP) is 2.29. The molecule has 0 fully saturated rings. The molecule has 1 heterocycles. The van der Waals surface area contributed by atoms with E-state index in [1.807, 2.05) is 26.0 Å². The van der Waals surface area contributed by atoms with E-state index in [4.69, 9.17) is 5.11 Å². The smallest absolute Gasteiger partial charge is 0.331 e. The van der Waals surface area contributed by atoms with Crippen LogP contribution in [-0.2, 0) is 11.2 Å². The third kappa shape index (κ3) is 3.94. The quantitative estimate of drug-likeness (QED) is 0.767. The van der Waals surface area contributed by atoms with Gasteiger partial charge in [0.15, 0.2) is 0 Å². The number of hydrogen-bond donors (Lipinski definition) is 1. The van der Waals surface area contributed by atoms with Crippen LogP contribution in [-0.4, -0.2) is 16.1 Å². The number of hydrogen-bond acceptors (Lipinski definition) is 2. The van der Waals surface area contributed by atoms with Gasteiger partial charge >= 0.3 is 5.97 Å². The fraction of sp³-hybridized carbons (Fsp3) is 0.333. The summed E-state index contributed by atoms with van der Waals surface area (Å²) in [5, 5.41) is 8.99. The second-order valence-corrected chi connectivity index (χ2v) is 3.78. The zero-order chi connectivity index (χ0) is 11.3. The first-order chi connectivity index (χ1) is 7.09. The number of allylic oxidation sites excluding steroid dienone is 1. The number of pyridine rings is 1. The van der Waals surface area contributed by atoms with Crippen LogP contribution in [0.4, 0.5) is 0 Å². The molecule has 0 saturated heterocycles. The SMILES string of the molecule is CC(C)/C=C(\Cc1cccnc1)C(=O)O. The highest BCUT2D eigenvalue weighted by Crippen LogP contribution is 2.10. The summed E-state index contributed by atoms with van der Waals surface area (Å²) in [4.78, 5) is 14.9. The molecule has 1 N–H and O–H groups in total. The maximum absolute atomic E-state index is 11.0. The van der Waals surface area contributed by atoms with Crippen molar-refractivity contribution in [3.05, 3.63) is 41.7 Å². The van der Waals surface area contributed by atoms with Crippen LogP contribution in [0.3, 0.4) is 0 Å². The van der Waals surface area contributed by atoms with E-state index < -0.39 is 5.97 Å². The number of aliphatic carboxylic acids is 1. The molecule has 0 saturated carbocycles. The standard InChI is InChI=1S/C12H15NO2/c1-9(2)6-11(12(14)15)7-10-4-3-5-13-8-10/h3-6,8-9H,7H2,1-2H3,(H,14,15)/b11-6+. The van der Waals surface area contributed by atoms with Crippen molar-refractivity contribution in [2.24, 2.45) is 5.92 Å². The van der Waals surface area contributed by atoms with Gasteiger partial charge in [-0.2, -0.15) is 0 Å². The Morgan fingerprint density at radius 2 is 2.33 bits per heavy atom. The highest BCUT2D eigenvalue weighted by atomic mass is 16.4. The third-order valence-corrected chi connectivity index (χ3v) is 1.93. The number of carboxylic acids is 1. The van der Waals surface area contributed by atoms with Crippen LogP contribution in [0.25, 0.3) is 0 Å². The summed E-state index contributed by atoms with van der Waals surface area (Å²) in [5.41, 5.74) is 1.35. The average molecular weight is 205 g/mol. The highest BCUT2D eigenvalue weighted by molar-refractivity contribution is 5.87. The molecule has 0 aliphatic rings. The van der Waals surface area contributed by atoms with Crippen molar-refractivity contribution in [2.75, 3.05) is 0 Å². The van der Waals surface area contributed by atoms with Crippen LogP contribution in [0.15, 0.2) is 36.2 Å². The topological polar surface area (TPSA) is 50.2 Å². The minimum Gasteiger partial charge on any atom is -0.478 e. The van der Waals surface area contributed by atoms with Gasteiger partial charge in [-0.05, 0) is 17.5 Å². The van der Waals surface area contributed by atoms with E-state index in [1.54, 1.807) is 18.5 Å². The van der Waals surface area contributed by atoms with E-state index in [9.17, 15) is 4.79 Å². The first kappa shape index (κ1) is 11.4. The maximum Gasteiger partial charge on any atom is 0.331 e. The van der Waals surface area contributed by atoms with Crippen molar-refractivity contribution in [3.8, 4) is 0 Å². The first-order valence-corrected chi connectivity index (χ1v) is 4.92. The maximum atomic E-state index is 11.0. The van der Waals surface area contributed by atoms with E-state index in [2.05, 4.69) is 4.98 Å². The van der Waals surface area contributed by atoms with Gasteiger partial charge in [0.1, 0.15) is 0 Å². The zero-order valence-electron chi connectivity index (χ0n) is 8.97. The minimum absolute atomic E-state index is 0.243. The molecule has 3 nitrogen and oxygen atoms in total. The zero-order valence-corrected chi connectivity index (χ0v) is 8.97. The predicted molar refractivity (Wildman–Crippen MR) is 58.5 cm³/mol. The molecular weight excluding hydrogens is 190 g/mol. The summed E-state index contributed by atoms with van der Waals surface area (Å²) < 4.78 is 0. The molecule has 1 aromatic rings. The molecule has 80 valence electrons. The average Bonchev–Trinajstić information content (AvgIpc) is 2.17. The van der Waals surface area contributed by atoms with E-state index in [0.717, 1.165) is 5.56 Å². The molecule has 15 heavy (non-hydrogen) atoms. The molecule has 0 amide bonds. The molecule has 0 atom stereocenters. The Kier molecular flexibility index (Phi) is 4.03. The summed E-state index contributed by atoms with van der Waals surface area (Å²) in [5.74, 6) is -0.611. The Bertz CT molecular complexity index is 355. The molecule has 0 aromatic carbocycles. The van der Waals surface area contributed by atoms with Gasteiger partial charge in [-0.25, -0.2) is 4.79 Å². The van der Waals surface area contributed by atoms with Gasteiger partial charge in [-0.15, -0.1) is 0 Å². The van der Waals surface area contributed by atoms with Crippen molar-refractivity contribution in [1.29, 1.82) is 0 Å². The molecule has 0 aliphatic carbocycles. The molecule has 0 spiro atoms. The van der Waals surface area contributed by atoms with Crippen LogP contribution in [0.2, 0.25) is 0 Å². The largest absolute Gasteiger partial charge is 0.478 e. The van der Waals surface area contributed by atoms with Gasteiger partial charge in [0.05, 0.1) is 0 Å². The molecular formula is C12H15NO2. The second kappa shape index (κ2) is 5.29. The Morgan fingerprint density at radius 1 is 1.60 bits per heavy atom. The van der Waals surface area contributed by atoms with Crippen molar-refractivity contribution >= 4 is 5.97 Å². The van der Waals surface area contributed by atoms with E-state index >= 15 is 0 Å². The van der Waals surface area contributed by atoms with Gasteiger partial charge < -0.3 is 5.11 Å². The van der Waals surface area contributed by atoms with E-state index in [-0.39, 0.29) is 5.92 Å². The summed E-state index contributed by atoms with van der Waals surface area (Å²) in [6, 6.07) is 3.69. The number of carbonyl (C=O) groups is 1. The highest BCUT2D eigenvalue weighted by Gasteiger charge is 2.08. The molecule has 1 rings (SSSR count). The molecule has 1 aromatic heterocycles. The van der Waals surface area contributed by atoms with Crippen LogP contribution < -0.4 is 0 Å². The Morgan fingerprint density at radius 3 is 2.80 bits per heavy atom. The fourth-order valence-electron chi connectivity index (χ4n) is 1.33. The van der Waals surface area contributed by atoms with Crippen LogP contribution in [0, 0.1) is 5.92 Å². The summed E-state index contributed by atoms with van der Waals surface area (Å²) in [7, 11) is 0. The third-order valence-electron chi connectivity index (χ3n) is 1.93. The van der Waals surface area contributed by atoms with Gasteiger partial charge in [0.2, 0.25) is 0 Å². The number of aromatic nitrogens is 1. The number of nitrogens with zero attached hydrogens (tertiary/aromatic N) is 1. The van der Waals surface area contributed by atoms with E-state index in [1.165, 1.54) is 0 Å². The van der Waals surface area contributed by atoms with Crippen molar-refractivity contribution in [1.82, 2.24) is 4.98 Å². The second-order valence-electron chi connectivity index (χ2n) is 3.78. The molecule has 0 bridgehead atoms. The molecule has 0 unspecified atom stereocenters. The summed E-state index contributed by atoms with van der Waals surface area (Å²) >= 11 is 0. The van der Waals surface area contributed by atoms with Crippen LogP contribution in [0.1, 0.15) is 19.4 Å². The number of rotatable bonds is 4. The normalized spacial score (nSPS) is 11.8. The van der Waals surface area contributed by atoms with Crippen molar-refractivity contribution in [3.63, 3.8) is 0 Å². The molecule has 3 heteroatoms. The van der Waals surface area contributed by atoms with Crippen molar-refractivity contribution < 1.29 is 9.90 Å². The fourth-order valence-corrected chi connectivity index (χ4v) is 1.33. The monoisotopic (exact) mass is 205 g/mol. The lowest BCUT2D eigenvalue weighted by Crippen LogP contribution is -2.05. The lowest BCUT2D eigenvalue weighted by molar-refractivity contribution is -0.132. The van der Waals surface area contributed by atoms with Crippen molar-refractivity contribution in [2.45, 2.75) is 20.3 Å². The van der Waals surface area contributed by atoms with Gasteiger partial charge in [-0.3, -0.25) is 4.98 Å². The van der Waals surface area contributed by atoms with E-state index in [0.29, 0.717) is 12.0 Å². The lowest BCUT2D eigenvalue weighted by atomic mass is 10.0. The van der Waals surface area contributed by atoms with Crippen LogP contribution >= 0.6 is 0 Å². The first-order valence-electron chi connectivity index (χ1n) is 4.92. The van der Waals surface area contributed by atoms with Gasteiger partial charge in [-0.1, -0.05) is 26.0 Å².